The second-order valence-corrected chi connectivity index (χ2v) is 5.56. The maximum Gasteiger partial charge on any atom is 0.225 e. The zero-order chi connectivity index (χ0) is 14.4. The molecule has 1 aliphatic heterocycles. The Bertz CT molecular complexity index is 704. The van der Waals surface area contributed by atoms with Crippen LogP contribution in [0.4, 0.5) is 8.78 Å². The highest BCUT2D eigenvalue weighted by Crippen LogP contribution is 2.39. The monoisotopic (exact) mass is 298 g/mol. The van der Waals surface area contributed by atoms with E-state index in [1.165, 1.54) is 16.8 Å². The second-order valence-electron chi connectivity index (χ2n) is 4.73. The van der Waals surface area contributed by atoms with Gasteiger partial charge in [0, 0.05) is 22.6 Å². The maximum absolute atomic E-state index is 13.9. The molecule has 8 heteroatoms. The van der Waals surface area contributed by atoms with Gasteiger partial charge < -0.3 is 4.55 Å². The largest absolute Gasteiger partial charge is 0.766 e. The van der Waals surface area contributed by atoms with Crippen LogP contribution in [0.3, 0.4) is 0 Å². The second kappa shape index (κ2) is 4.71. The molecular formula is C12H10F2N3O2S-. The van der Waals surface area contributed by atoms with E-state index in [0.717, 1.165) is 6.07 Å². The SMILES string of the molecule is CC1CC(c2cccc(F)c2F)n2nc(S(=O)[O-])nc21. The Morgan fingerprint density at radius 2 is 2.20 bits per heavy atom. The lowest BCUT2D eigenvalue weighted by Gasteiger charge is -2.13. The lowest BCUT2D eigenvalue weighted by molar-refractivity contribution is 0.456. The summed E-state index contributed by atoms with van der Waals surface area (Å²) in [4.78, 5) is 3.92. The van der Waals surface area contributed by atoms with E-state index in [-0.39, 0.29) is 16.6 Å². The van der Waals surface area contributed by atoms with Crippen molar-refractivity contribution in [3.63, 3.8) is 0 Å². The molecule has 0 bridgehead atoms. The quantitative estimate of drug-likeness (QED) is 0.794. The molecule has 0 radical (unpaired) electrons. The molecule has 106 valence electrons. The summed E-state index contributed by atoms with van der Waals surface area (Å²) in [5.41, 5.74) is 0.156. The summed E-state index contributed by atoms with van der Waals surface area (Å²) in [5, 5.41) is 3.55. The predicted octanol–water partition coefficient (Wildman–Crippen LogP) is 1.89. The summed E-state index contributed by atoms with van der Waals surface area (Å²) in [6, 6.07) is 3.39. The maximum atomic E-state index is 13.9. The lowest BCUT2D eigenvalue weighted by atomic mass is 9.99. The van der Waals surface area contributed by atoms with Crippen molar-refractivity contribution in [3.8, 4) is 0 Å². The molecule has 0 saturated carbocycles. The van der Waals surface area contributed by atoms with Gasteiger partial charge >= 0.3 is 0 Å². The lowest BCUT2D eigenvalue weighted by Crippen LogP contribution is -2.11. The van der Waals surface area contributed by atoms with Gasteiger partial charge in [-0.25, -0.2) is 18.4 Å². The van der Waals surface area contributed by atoms with E-state index < -0.39 is 28.8 Å². The third-order valence-corrected chi connectivity index (χ3v) is 3.91. The molecule has 3 rings (SSSR count). The van der Waals surface area contributed by atoms with Crippen LogP contribution >= 0.6 is 0 Å². The van der Waals surface area contributed by atoms with Crippen molar-refractivity contribution >= 4 is 11.1 Å². The first-order chi connectivity index (χ1) is 9.49. The summed E-state index contributed by atoms with van der Waals surface area (Å²) < 4.78 is 50.4. The number of rotatable bonds is 2. The van der Waals surface area contributed by atoms with Crippen LogP contribution in [0.25, 0.3) is 0 Å². The average molecular weight is 298 g/mol. The Morgan fingerprint density at radius 1 is 1.45 bits per heavy atom. The first-order valence-electron chi connectivity index (χ1n) is 5.98. The van der Waals surface area contributed by atoms with Crippen LogP contribution in [0.5, 0.6) is 0 Å². The predicted molar refractivity (Wildman–Crippen MR) is 64.7 cm³/mol. The van der Waals surface area contributed by atoms with E-state index >= 15 is 0 Å². The molecule has 1 aromatic heterocycles. The highest BCUT2D eigenvalue weighted by Gasteiger charge is 2.34. The third-order valence-electron chi connectivity index (χ3n) is 3.44. The third kappa shape index (κ3) is 1.95. The Morgan fingerprint density at radius 3 is 2.90 bits per heavy atom. The van der Waals surface area contributed by atoms with Crippen molar-refractivity contribution in [1.82, 2.24) is 14.8 Å². The van der Waals surface area contributed by atoms with Crippen LogP contribution < -0.4 is 0 Å². The van der Waals surface area contributed by atoms with Gasteiger partial charge in [-0.05, 0) is 12.5 Å². The van der Waals surface area contributed by atoms with E-state index in [2.05, 4.69) is 10.1 Å². The molecule has 0 N–H and O–H groups in total. The van der Waals surface area contributed by atoms with Gasteiger partial charge in [-0.3, -0.25) is 4.21 Å². The number of aromatic nitrogens is 3. The molecule has 0 saturated heterocycles. The topological polar surface area (TPSA) is 70.8 Å². The van der Waals surface area contributed by atoms with Crippen LogP contribution in [-0.2, 0) is 11.1 Å². The fourth-order valence-electron chi connectivity index (χ4n) is 2.53. The van der Waals surface area contributed by atoms with Gasteiger partial charge in [0.25, 0.3) is 0 Å². The van der Waals surface area contributed by atoms with E-state index in [9.17, 15) is 17.5 Å². The van der Waals surface area contributed by atoms with Gasteiger partial charge in [-0.15, -0.1) is 5.10 Å². The number of benzene rings is 1. The van der Waals surface area contributed by atoms with Gasteiger partial charge in [0.15, 0.2) is 11.6 Å². The molecule has 0 spiro atoms. The number of hydrogen-bond acceptors (Lipinski definition) is 4. The fourth-order valence-corrected chi connectivity index (χ4v) is 2.85. The molecule has 3 unspecified atom stereocenters. The molecule has 0 aliphatic carbocycles. The van der Waals surface area contributed by atoms with Gasteiger partial charge in [0.1, 0.15) is 5.82 Å². The van der Waals surface area contributed by atoms with E-state index in [1.807, 2.05) is 6.92 Å². The minimum Gasteiger partial charge on any atom is -0.766 e. The van der Waals surface area contributed by atoms with Crippen molar-refractivity contribution in [2.45, 2.75) is 30.5 Å². The molecule has 5 nitrogen and oxygen atoms in total. The summed E-state index contributed by atoms with van der Waals surface area (Å²) in [5.74, 6) is -1.47. The van der Waals surface area contributed by atoms with Crippen LogP contribution in [0.15, 0.2) is 23.4 Å². The summed E-state index contributed by atoms with van der Waals surface area (Å²) >= 11 is -2.54. The van der Waals surface area contributed by atoms with Crippen LogP contribution in [0, 0.1) is 11.6 Å². The van der Waals surface area contributed by atoms with Crippen LogP contribution in [0.1, 0.15) is 36.7 Å². The standard InChI is InChI=1S/C12H11F2N3O2S/c1-6-5-9(7-3-2-4-8(13)10(7)14)17-11(6)15-12(16-17)20(18)19/h2-4,6,9H,5H2,1H3,(H,18,19)/p-1. The van der Waals surface area contributed by atoms with Gasteiger partial charge in [-0.1, -0.05) is 19.1 Å². The highest BCUT2D eigenvalue weighted by atomic mass is 32.2. The normalized spacial score (nSPS) is 22.8. The van der Waals surface area contributed by atoms with Crippen LogP contribution in [0.2, 0.25) is 0 Å². The first kappa shape index (κ1) is 13.3. The molecule has 1 aliphatic rings. The van der Waals surface area contributed by atoms with Gasteiger partial charge in [0.05, 0.1) is 6.04 Å². The van der Waals surface area contributed by atoms with E-state index in [0.29, 0.717) is 12.2 Å². The molecule has 3 atom stereocenters. The average Bonchev–Trinajstić information content (AvgIpc) is 2.94. The van der Waals surface area contributed by atoms with Crippen LogP contribution in [-0.4, -0.2) is 23.5 Å². The number of nitrogens with zero attached hydrogens (tertiary/aromatic N) is 3. The van der Waals surface area contributed by atoms with Crippen molar-refractivity contribution < 1.29 is 17.5 Å². The smallest absolute Gasteiger partial charge is 0.225 e. The number of halogens is 2. The number of hydrogen-bond donors (Lipinski definition) is 0. The zero-order valence-electron chi connectivity index (χ0n) is 10.4. The summed E-state index contributed by atoms with van der Waals surface area (Å²) in [7, 11) is 0. The molecule has 2 heterocycles. The van der Waals surface area contributed by atoms with E-state index in [4.69, 9.17) is 0 Å². The Balaban J connectivity index is 2.10. The molecule has 20 heavy (non-hydrogen) atoms. The minimum absolute atomic E-state index is 0.0764. The Labute approximate surface area is 115 Å². The highest BCUT2D eigenvalue weighted by molar-refractivity contribution is 7.78. The molecule has 0 amide bonds. The first-order valence-corrected chi connectivity index (χ1v) is 7.06. The van der Waals surface area contributed by atoms with E-state index in [1.54, 1.807) is 0 Å². The van der Waals surface area contributed by atoms with Gasteiger partial charge in [0.2, 0.25) is 5.16 Å². The molecule has 1 aromatic carbocycles. The van der Waals surface area contributed by atoms with Gasteiger partial charge in [-0.2, -0.15) is 0 Å². The zero-order valence-corrected chi connectivity index (χ0v) is 11.2. The minimum atomic E-state index is -2.54. The Kier molecular flexibility index (Phi) is 3.14. The summed E-state index contributed by atoms with van der Waals surface area (Å²) in [6.45, 7) is 1.84. The number of fused-ring (bicyclic) bond motifs is 1. The van der Waals surface area contributed by atoms with Crippen molar-refractivity contribution in [2.24, 2.45) is 0 Å². The fraction of sp³-hybridized carbons (Fsp3) is 0.333. The van der Waals surface area contributed by atoms with Crippen molar-refractivity contribution in [2.75, 3.05) is 0 Å². The molecular weight excluding hydrogens is 288 g/mol. The molecule has 0 fully saturated rings. The van der Waals surface area contributed by atoms with Crippen molar-refractivity contribution in [1.29, 1.82) is 0 Å². The Hall–Kier alpha value is -1.67. The molecule has 2 aromatic rings. The van der Waals surface area contributed by atoms with Crippen molar-refractivity contribution in [3.05, 3.63) is 41.2 Å². The summed E-state index contributed by atoms with van der Waals surface area (Å²) in [6.07, 6.45) is 0.501.